The lowest BCUT2D eigenvalue weighted by Gasteiger charge is -2.24. The minimum absolute atomic E-state index is 0.218. The molecule has 1 atom stereocenters. The van der Waals surface area contributed by atoms with Crippen molar-refractivity contribution in [2.45, 2.75) is 19.1 Å². The number of hydrogen-bond acceptors (Lipinski definition) is 4. The van der Waals surface area contributed by atoms with E-state index in [1.165, 1.54) is 6.26 Å². The van der Waals surface area contributed by atoms with Gasteiger partial charge < -0.3 is 14.2 Å². The number of carbonyl (C=O) groups is 1. The van der Waals surface area contributed by atoms with Gasteiger partial charge in [0.15, 0.2) is 11.9 Å². The lowest BCUT2D eigenvalue weighted by atomic mass is 10.0. The first-order chi connectivity index (χ1) is 14.1. The molecule has 0 saturated carbocycles. The molecule has 4 rings (SSSR count). The second-order valence-corrected chi connectivity index (χ2v) is 7.59. The predicted octanol–water partition coefficient (Wildman–Crippen LogP) is 5.42. The Labute approximate surface area is 178 Å². The first kappa shape index (κ1) is 19.6. The van der Waals surface area contributed by atoms with E-state index in [0.717, 1.165) is 16.8 Å². The lowest BCUT2D eigenvalue weighted by molar-refractivity contribution is 0.0387. The summed E-state index contributed by atoms with van der Waals surface area (Å²) in [6.07, 6.45) is 1.76. The number of amides is 1. The number of rotatable bonds is 6. The van der Waals surface area contributed by atoms with E-state index in [-0.39, 0.29) is 17.8 Å². The third-order valence-electron chi connectivity index (χ3n) is 4.62. The van der Waals surface area contributed by atoms with Crippen LogP contribution in [0.2, 0.25) is 10.0 Å². The summed E-state index contributed by atoms with van der Waals surface area (Å²) in [4.78, 5) is 20.3. The molecule has 29 heavy (non-hydrogen) atoms. The number of benzene rings is 2. The molecule has 0 saturated heterocycles. The van der Waals surface area contributed by atoms with Crippen LogP contribution in [-0.2, 0) is 11.4 Å². The summed E-state index contributed by atoms with van der Waals surface area (Å²) in [5.41, 5.74) is 2.53. The van der Waals surface area contributed by atoms with Gasteiger partial charge in [-0.2, -0.15) is 0 Å². The van der Waals surface area contributed by atoms with Gasteiger partial charge in [0.05, 0.1) is 18.5 Å². The molecule has 1 aromatic heterocycles. The van der Waals surface area contributed by atoms with Gasteiger partial charge in [0.25, 0.3) is 5.91 Å². The van der Waals surface area contributed by atoms with Gasteiger partial charge in [0, 0.05) is 28.6 Å². The lowest BCUT2D eigenvalue weighted by Crippen LogP contribution is -2.37. The molecule has 1 amide bonds. The third kappa shape index (κ3) is 4.63. The Morgan fingerprint density at radius 2 is 1.97 bits per heavy atom. The quantitative estimate of drug-likeness (QED) is 0.526. The van der Waals surface area contributed by atoms with Gasteiger partial charge in [-0.3, -0.25) is 4.79 Å². The Hall–Kier alpha value is -2.76. The summed E-state index contributed by atoms with van der Waals surface area (Å²) >= 11 is 12.4. The van der Waals surface area contributed by atoms with E-state index in [2.05, 4.69) is 5.16 Å². The van der Waals surface area contributed by atoms with E-state index >= 15 is 0 Å². The van der Waals surface area contributed by atoms with Crippen LogP contribution in [0.25, 0.3) is 0 Å². The summed E-state index contributed by atoms with van der Waals surface area (Å²) in [6, 6.07) is 18.3. The molecule has 0 unspecified atom stereocenters. The zero-order valence-corrected chi connectivity index (χ0v) is 16.9. The van der Waals surface area contributed by atoms with Gasteiger partial charge >= 0.3 is 0 Å². The molecule has 0 fully saturated rings. The van der Waals surface area contributed by atoms with Gasteiger partial charge in [0.2, 0.25) is 0 Å². The van der Waals surface area contributed by atoms with Crippen LogP contribution in [0.1, 0.15) is 28.1 Å². The molecule has 0 bridgehead atoms. The van der Waals surface area contributed by atoms with Crippen LogP contribution in [0.3, 0.4) is 0 Å². The van der Waals surface area contributed by atoms with Crippen LogP contribution in [0, 0.1) is 0 Å². The van der Waals surface area contributed by atoms with Crippen molar-refractivity contribution in [2.75, 3.05) is 6.54 Å². The van der Waals surface area contributed by atoms with Crippen LogP contribution in [-0.4, -0.2) is 29.2 Å². The molecular formula is C22H18Cl2N2O3. The molecule has 0 spiro atoms. The minimum Gasteiger partial charge on any atom is -0.459 e. The van der Waals surface area contributed by atoms with E-state index < -0.39 is 0 Å². The van der Waals surface area contributed by atoms with Crippen molar-refractivity contribution in [1.82, 2.24) is 4.90 Å². The molecule has 2 aromatic carbocycles. The van der Waals surface area contributed by atoms with E-state index in [1.807, 2.05) is 42.5 Å². The summed E-state index contributed by atoms with van der Waals surface area (Å²) < 4.78 is 5.30. The average molecular weight is 429 g/mol. The fourth-order valence-electron chi connectivity index (χ4n) is 3.26. The van der Waals surface area contributed by atoms with Crippen molar-refractivity contribution in [3.63, 3.8) is 0 Å². The van der Waals surface area contributed by atoms with Gasteiger partial charge in [-0.15, -0.1) is 0 Å². The highest BCUT2D eigenvalue weighted by Crippen LogP contribution is 2.24. The van der Waals surface area contributed by atoms with Gasteiger partial charge in [-0.25, -0.2) is 0 Å². The Kier molecular flexibility index (Phi) is 5.88. The zero-order valence-electron chi connectivity index (χ0n) is 15.4. The molecule has 1 aliphatic heterocycles. The maximum Gasteiger partial charge on any atom is 0.289 e. The molecule has 1 aliphatic rings. The van der Waals surface area contributed by atoms with Gasteiger partial charge in [-0.1, -0.05) is 58.7 Å². The first-order valence-electron chi connectivity index (χ1n) is 9.15. The van der Waals surface area contributed by atoms with Crippen LogP contribution in [0.4, 0.5) is 0 Å². The number of oxime groups is 1. The smallest absolute Gasteiger partial charge is 0.289 e. The zero-order chi connectivity index (χ0) is 20.2. The van der Waals surface area contributed by atoms with Crippen molar-refractivity contribution >= 4 is 34.8 Å². The maximum absolute atomic E-state index is 13.0. The highest BCUT2D eigenvalue weighted by Gasteiger charge is 2.29. The molecule has 148 valence electrons. The summed E-state index contributed by atoms with van der Waals surface area (Å²) in [7, 11) is 0. The molecule has 5 nitrogen and oxygen atoms in total. The van der Waals surface area contributed by atoms with E-state index in [1.54, 1.807) is 23.1 Å². The second-order valence-electron chi connectivity index (χ2n) is 6.74. The molecule has 0 radical (unpaired) electrons. The molecule has 3 aromatic rings. The van der Waals surface area contributed by atoms with Crippen molar-refractivity contribution in [2.24, 2.45) is 5.16 Å². The van der Waals surface area contributed by atoms with Crippen molar-refractivity contribution in [3.05, 3.63) is 93.9 Å². The Morgan fingerprint density at radius 3 is 2.72 bits per heavy atom. The molecule has 0 aliphatic carbocycles. The van der Waals surface area contributed by atoms with Crippen molar-refractivity contribution < 1.29 is 14.0 Å². The van der Waals surface area contributed by atoms with Crippen LogP contribution in [0.15, 0.2) is 76.5 Å². The van der Waals surface area contributed by atoms with Crippen LogP contribution in [0.5, 0.6) is 0 Å². The third-order valence-corrected chi connectivity index (χ3v) is 5.19. The fourth-order valence-corrected chi connectivity index (χ4v) is 3.72. The summed E-state index contributed by atoms with van der Waals surface area (Å²) in [5, 5.41) is 5.44. The second kappa shape index (κ2) is 8.72. The van der Waals surface area contributed by atoms with E-state index in [0.29, 0.717) is 29.6 Å². The Morgan fingerprint density at radius 1 is 1.10 bits per heavy atom. The van der Waals surface area contributed by atoms with Crippen LogP contribution < -0.4 is 0 Å². The Bertz CT molecular complexity index is 1030. The molecular weight excluding hydrogens is 411 g/mol. The predicted molar refractivity (Wildman–Crippen MR) is 112 cm³/mol. The molecule has 0 N–H and O–H groups in total. The van der Waals surface area contributed by atoms with Crippen molar-refractivity contribution in [1.29, 1.82) is 0 Å². The number of halogens is 2. The Balaban J connectivity index is 1.50. The topological polar surface area (TPSA) is 55.0 Å². The van der Waals surface area contributed by atoms with Crippen molar-refractivity contribution in [3.8, 4) is 0 Å². The summed E-state index contributed by atoms with van der Waals surface area (Å²) in [5.74, 6) is 0.0574. The average Bonchev–Trinajstić information content (AvgIpc) is 3.40. The fraction of sp³-hybridized carbons (Fsp3) is 0.182. The largest absolute Gasteiger partial charge is 0.459 e. The van der Waals surface area contributed by atoms with E-state index in [9.17, 15) is 4.79 Å². The number of carbonyl (C=O) groups excluding carboxylic acids is 1. The van der Waals surface area contributed by atoms with Crippen LogP contribution >= 0.6 is 23.2 Å². The molecule has 2 heterocycles. The standard InChI is InChI=1S/C22H18Cl2N2O3/c23-16-6-3-5-15(11-16)13-26(22(27)21-9-4-10-28-21)14-17-12-20(25-29-17)18-7-1-2-8-19(18)24/h1-11,17H,12-14H2/t17-/m0/s1. The number of hydrogen-bond donors (Lipinski definition) is 0. The van der Waals surface area contributed by atoms with E-state index in [4.69, 9.17) is 32.5 Å². The highest BCUT2D eigenvalue weighted by molar-refractivity contribution is 6.34. The normalized spacial score (nSPS) is 15.7. The minimum atomic E-state index is -0.278. The van der Waals surface area contributed by atoms with Gasteiger partial charge in [0.1, 0.15) is 0 Å². The summed E-state index contributed by atoms with van der Waals surface area (Å²) in [6.45, 7) is 0.727. The first-order valence-corrected chi connectivity index (χ1v) is 9.90. The molecule has 7 heteroatoms. The number of furan rings is 1. The SMILES string of the molecule is O=C(c1ccco1)N(Cc1cccc(Cl)c1)C[C@@H]1CC(c2ccccc2Cl)=NO1. The number of nitrogens with zero attached hydrogens (tertiary/aromatic N) is 2. The highest BCUT2D eigenvalue weighted by atomic mass is 35.5. The van der Waals surface area contributed by atoms with Gasteiger partial charge in [-0.05, 0) is 35.9 Å². The maximum atomic E-state index is 13.0. The monoisotopic (exact) mass is 428 g/mol.